The molecule has 0 heteroatoms. The van der Waals surface area contributed by atoms with Crippen LogP contribution in [-0.2, 0) is 5.41 Å². The minimum absolute atomic E-state index is 0.258. The van der Waals surface area contributed by atoms with Gasteiger partial charge in [0.15, 0.2) is 0 Å². The topological polar surface area (TPSA) is 0 Å². The molecular formula is C33H24. The predicted octanol–water partition coefficient (Wildman–Crippen LogP) is 8.18. The van der Waals surface area contributed by atoms with Gasteiger partial charge in [0.2, 0.25) is 0 Å². The molecule has 1 unspecified atom stereocenters. The van der Waals surface area contributed by atoms with Crippen molar-refractivity contribution in [2.24, 2.45) is 0 Å². The Morgan fingerprint density at radius 3 is 1.42 bits per heavy atom. The number of benzene rings is 5. The lowest BCUT2D eigenvalue weighted by atomic mass is 9.70. The molecule has 156 valence electrons. The molecular weight excluding hydrogens is 396 g/mol. The maximum atomic E-state index is 2.49. The van der Waals surface area contributed by atoms with E-state index < -0.39 is 0 Å². The van der Waals surface area contributed by atoms with E-state index in [1.165, 1.54) is 55.6 Å². The predicted molar refractivity (Wildman–Crippen MR) is 137 cm³/mol. The van der Waals surface area contributed by atoms with E-state index in [2.05, 4.69) is 128 Å². The van der Waals surface area contributed by atoms with Crippen LogP contribution in [0.25, 0.3) is 22.3 Å². The molecule has 0 aromatic heterocycles. The fourth-order valence-electron chi connectivity index (χ4n) is 6.32. The molecule has 2 aliphatic carbocycles. The van der Waals surface area contributed by atoms with Crippen molar-refractivity contribution in [3.8, 4) is 22.3 Å². The molecule has 1 spiro atoms. The zero-order valence-corrected chi connectivity index (χ0v) is 18.6. The van der Waals surface area contributed by atoms with Gasteiger partial charge in [-0.2, -0.15) is 0 Å². The van der Waals surface area contributed by atoms with Crippen molar-refractivity contribution in [2.75, 3.05) is 0 Å². The first-order chi connectivity index (χ1) is 16.3. The summed E-state index contributed by atoms with van der Waals surface area (Å²) < 4.78 is 0. The van der Waals surface area contributed by atoms with Crippen molar-refractivity contribution < 1.29 is 0 Å². The van der Waals surface area contributed by atoms with Gasteiger partial charge in [-0.1, -0.05) is 128 Å². The molecule has 33 heavy (non-hydrogen) atoms. The monoisotopic (exact) mass is 420 g/mol. The largest absolute Gasteiger partial charge is 0.0725 e. The van der Waals surface area contributed by atoms with E-state index in [4.69, 9.17) is 0 Å². The van der Waals surface area contributed by atoms with E-state index in [0.717, 1.165) is 0 Å². The fraction of sp³-hybridized carbons (Fsp3) is 0.0909. The number of hydrogen-bond donors (Lipinski definition) is 0. The van der Waals surface area contributed by atoms with Gasteiger partial charge in [0.25, 0.3) is 0 Å². The van der Waals surface area contributed by atoms with Crippen LogP contribution < -0.4 is 0 Å². The average molecular weight is 421 g/mol. The highest BCUT2D eigenvalue weighted by atomic mass is 14.5. The lowest BCUT2D eigenvalue weighted by molar-refractivity contribution is 0.788. The van der Waals surface area contributed by atoms with Gasteiger partial charge < -0.3 is 0 Å². The van der Waals surface area contributed by atoms with Gasteiger partial charge in [-0.25, -0.2) is 0 Å². The second-order valence-corrected chi connectivity index (χ2v) is 9.32. The Morgan fingerprint density at radius 1 is 0.424 bits per heavy atom. The van der Waals surface area contributed by atoms with Crippen molar-refractivity contribution in [1.82, 2.24) is 0 Å². The van der Waals surface area contributed by atoms with E-state index in [1.54, 1.807) is 0 Å². The van der Waals surface area contributed by atoms with Gasteiger partial charge in [0.1, 0.15) is 0 Å². The van der Waals surface area contributed by atoms with Gasteiger partial charge >= 0.3 is 0 Å². The van der Waals surface area contributed by atoms with Gasteiger partial charge in [-0.3, -0.25) is 0 Å². The van der Waals surface area contributed by atoms with Crippen LogP contribution in [0.4, 0.5) is 0 Å². The molecule has 0 heterocycles. The van der Waals surface area contributed by atoms with E-state index in [-0.39, 0.29) is 5.41 Å². The third kappa shape index (κ3) is 2.36. The first kappa shape index (κ1) is 18.7. The third-order valence-corrected chi connectivity index (χ3v) is 7.82. The lowest BCUT2D eigenvalue weighted by Crippen LogP contribution is -2.26. The van der Waals surface area contributed by atoms with Crippen LogP contribution >= 0.6 is 0 Å². The maximum Gasteiger partial charge on any atom is 0.0725 e. The van der Waals surface area contributed by atoms with Gasteiger partial charge in [0, 0.05) is 5.92 Å². The molecule has 0 radical (unpaired) electrons. The molecule has 0 N–H and O–H groups in total. The van der Waals surface area contributed by atoms with Crippen LogP contribution in [-0.4, -0.2) is 0 Å². The zero-order chi connectivity index (χ0) is 22.0. The number of fused-ring (bicyclic) bond motifs is 10. The molecule has 0 saturated heterocycles. The van der Waals surface area contributed by atoms with Crippen LogP contribution in [0, 0.1) is 0 Å². The summed E-state index contributed by atoms with van der Waals surface area (Å²) in [5, 5.41) is 0. The summed E-state index contributed by atoms with van der Waals surface area (Å²) in [7, 11) is 0. The highest BCUT2D eigenvalue weighted by molar-refractivity contribution is 5.95. The minimum atomic E-state index is -0.258. The standard InChI is InChI=1S/C33H24/c1-22(23-11-3-2-4-12-23)24-19-20-28-27-15-7-10-18-31(27)33(32(28)21-24)29-16-8-5-13-25(29)26-14-6-9-17-30(26)33/h2-22H,1H3. The highest BCUT2D eigenvalue weighted by Crippen LogP contribution is 2.62. The molecule has 0 aliphatic heterocycles. The van der Waals surface area contributed by atoms with E-state index in [0.29, 0.717) is 5.92 Å². The molecule has 0 bridgehead atoms. The molecule has 5 aromatic carbocycles. The first-order valence-corrected chi connectivity index (χ1v) is 11.8. The van der Waals surface area contributed by atoms with Gasteiger partial charge in [-0.15, -0.1) is 0 Å². The fourth-order valence-corrected chi connectivity index (χ4v) is 6.32. The Hall–Kier alpha value is -3.90. The molecule has 0 saturated carbocycles. The van der Waals surface area contributed by atoms with Crippen molar-refractivity contribution in [1.29, 1.82) is 0 Å². The molecule has 0 nitrogen and oxygen atoms in total. The summed E-state index contributed by atoms with van der Waals surface area (Å²) in [5.74, 6) is 0.337. The van der Waals surface area contributed by atoms with Crippen LogP contribution in [0.3, 0.4) is 0 Å². The summed E-state index contributed by atoms with van der Waals surface area (Å²) in [4.78, 5) is 0. The zero-order valence-electron chi connectivity index (χ0n) is 18.6. The molecule has 2 aliphatic rings. The Balaban J connectivity index is 1.57. The maximum absolute atomic E-state index is 2.49. The second-order valence-electron chi connectivity index (χ2n) is 9.32. The Morgan fingerprint density at radius 2 is 0.879 bits per heavy atom. The average Bonchev–Trinajstić information content (AvgIpc) is 3.36. The minimum Gasteiger partial charge on any atom is -0.0622 e. The van der Waals surface area contributed by atoms with Crippen molar-refractivity contribution in [3.05, 3.63) is 155 Å². The van der Waals surface area contributed by atoms with Crippen molar-refractivity contribution in [3.63, 3.8) is 0 Å². The van der Waals surface area contributed by atoms with Crippen LogP contribution in [0.1, 0.15) is 46.2 Å². The molecule has 7 rings (SSSR count). The summed E-state index contributed by atoms with van der Waals surface area (Å²) >= 11 is 0. The summed E-state index contributed by atoms with van der Waals surface area (Å²) in [6.07, 6.45) is 0. The first-order valence-electron chi connectivity index (χ1n) is 11.8. The molecule has 0 fully saturated rings. The van der Waals surface area contributed by atoms with Gasteiger partial charge in [0.05, 0.1) is 5.41 Å². The SMILES string of the molecule is CC(c1ccccc1)c1ccc2c(c1)C1(c3ccccc3-c3ccccc31)c1ccccc1-2. The van der Waals surface area contributed by atoms with Crippen molar-refractivity contribution >= 4 is 0 Å². The summed E-state index contributed by atoms with van der Waals surface area (Å²) in [6.45, 7) is 2.32. The quantitative estimate of drug-likeness (QED) is 0.264. The van der Waals surface area contributed by atoms with Crippen LogP contribution in [0.5, 0.6) is 0 Å². The Kier molecular flexibility index (Phi) is 3.84. The Labute approximate surface area is 195 Å². The smallest absolute Gasteiger partial charge is 0.0622 e. The summed E-state index contributed by atoms with van der Waals surface area (Å²) in [5.41, 5.74) is 13.5. The lowest BCUT2D eigenvalue weighted by Gasteiger charge is -2.31. The third-order valence-electron chi connectivity index (χ3n) is 7.82. The van der Waals surface area contributed by atoms with E-state index in [1.807, 2.05) is 0 Å². The second kappa shape index (κ2) is 6.80. The van der Waals surface area contributed by atoms with Crippen LogP contribution in [0.15, 0.2) is 121 Å². The number of hydrogen-bond acceptors (Lipinski definition) is 0. The highest BCUT2D eigenvalue weighted by Gasteiger charge is 2.51. The molecule has 5 aromatic rings. The molecule has 0 amide bonds. The van der Waals surface area contributed by atoms with Crippen molar-refractivity contribution in [2.45, 2.75) is 18.3 Å². The van der Waals surface area contributed by atoms with Crippen LogP contribution in [0.2, 0.25) is 0 Å². The van der Waals surface area contributed by atoms with E-state index in [9.17, 15) is 0 Å². The van der Waals surface area contributed by atoms with Gasteiger partial charge in [-0.05, 0) is 55.6 Å². The number of rotatable bonds is 2. The van der Waals surface area contributed by atoms with E-state index >= 15 is 0 Å². The molecule has 1 atom stereocenters. The Bertz CT molecular complexity index is 1460. The normalized spacial score (nSPS) is 14.9. The summed E-state index contributed by atoms with van der Waals surface area (Å²) in [6, 6.07) is 45.1.